The first-order valence-corrected chi connectivity index (χ1v) is 5.45. The smallest absolute Gasteiger partial charge is 0.137 e. The fourth-order valence-corrected chi connectivity index (χ4v) is 2.27. The first-order valence-electron chi connectivity index (χ1n) is 5.45. The summed E-state index contributed by atoms with van der Waals surface area (Å²) < 4.78 is 10.8. The number of para-hydroxylation sites is 1. The molecular formula is C13H14O3. The van der Waals surface area contributed by atoms with Crippen LogP contribution in [0.5, 0.6) is 0 Å². The Hall–Kier alpha value is -1.32. The van der Waals surface area contributed by atoms with Crippen LogP contribution in [0.1, 0.15) is 18.6 Å². The molecule has 16 heavy (non-hydrogen) atoms. The van der Waals surface area contributed by atoms with E-state index >= 15 is 0 Å². The lowest BCUT2D eigenvalue weighted by molar-refractivity contribution is -0.142. The van der Waals surface area contributed by atoms with Crippen molar-refractivity contribution in [3.05, 3.63) is 36.1 Å². The van der Waals surface area contributed by atoms with Gasteiger partial charge in [0.25, 0.3) is 0 Å². The van der Waals surface area contributed by atoms with Crippen molar-refractivity contribution in [1.29, 1.82) is 0 Å². The average Bonchev–Trinajstić information content (AvgIpc) is 2.68. The van der Waals surface area contributed by atoms with Crippen molar-refractivity contribution in [2.45, 2.75) is 24.5 Å². The van der Waals surface area contributed by atoms with E-state index in [0.717, 1.165) is 11.0 Å². The maximum Gasteiger partial charge on any atom is 0.137 e. The molecule has 1 saturated carbocycles. The van der Waals surface area contributed by atoms with E-state index in [1.807, 2.05) is 30.3 Å². The Morgan fingerprint density at radius 2 is 2.12 bits per heavy atom. The number of hydrogen-bond acceptors (Lipinski definition) is 3. The molecule has 0 unspecified atom stereocenters. The van der Waals surface area contributed by atoms with E-state index in [2.05, 4.69) is 0 Å². The molecule has 0 atom stereocenters. The minimum absolute atomic E-state index is 0.151. The Balaban J connectivity index is 1.95. The summed E-state index contributed by atoms with van der Waals surface area (Å²) in [6, 6.07) is 9.71. The Kier molecular flexibility index (Phi) is 2.06. The molecule has 3 nitrogen and oxygen atoms in total. The minimum Gasteiger partial charge on any atom is -0.458 e. The van der Waals surface area contributed by atoms with Crippen molar-refractivity contribution >= 4 is 11.0 Å². The van der Waals surface area contributed by atoms with Gasteiger partial charge >= 0.3 is 0 Å². The molecule has 1 aliphatic carbocycles. The maximum absolute atomic E-state index is 10.3. The highest BCUT2D eigenvalue weighted by atomic mass is 16.5. The fourth-order valence-electron chi connectivity index (χ4n) is 2.27. The highest BCUT2D eigenvalue weighted by Crippen LogP contribution is 2.44. The van der Waals surface area contributed by atoms with Crippen LogP contribution in [-0.4, -0.2) is 18.3 Å². The SMILES string of the molecule is COC1CC(O)(c2cc3ccccc3o2)C1. The summed E-state index contributed by atoms with van der Waals surface area (Å²) in [5.41, 5.74) is -0.00790. The van der Waals surface area contributed by atoms with E-state index < -0.39 is 5.60 Å². The van der Waals surface area contributed by atoms with Gasteiger partial charge in [-0.25, -0.2) is 0 Å². The summed E-state index contributed by atoms with van der Waals surface area (Å²) >= 11 is 0. The predicted molar refractivity (Wildman–Crippen MR) is 60.1 cm³/mol. The van der Waals surface area contributed by atoms with Gasteiger partial charge in [-0.2, -0.15) is 0 Å². The second-order valence-electron chi connectivity index (χ2n) is 4.45. The van der Waals surface area contributed by atoms with E-state index in [9.17, 15) is 5.11 Å². The molecule has 1 fully saturated rings. The topological polar surface area (TPSA) is 42.6 Å². The molecule has 3 heteroatoms. The number of fused-ring (bicyclic) bond motifs is 1. The van der Waals surface area contributed by atoms with E-state index in [0.29, 0.717) is 18.6 Å². The third kappa shape index (κ3) is 1.36. The number of ether oxygens (including phenoxy) is 1. The third-order valence-electron chi connectivity index (χ3n) is 3.35. The van der Waals surface area contributed by atoms with Crippen LogP contribution in [0.4, 0.5) is 0 Å². The van der Waals surface area contributed by atoms with Gasteiger partial charge < -0.3 is 14.3 Å². The van der Waals surface area contributed by atoms with Crippen LogP contribution in [0.2, 0.25) is 0 Å². The third-order valence-corrected chi connectivity index (χ3v) is 3.35. The number of benzene rings is 1. The van der Waals surface area contributed by atoms with Crippen LogP contribution in [0.3, 0.4) is 0 Å². The molecule has 0 radical (unpaired) electrons. The molecule has 0 spiro atoms. The van der Waals surface area contributed by atoms with E-state index in [1.54, 1.807) is 7.11 Å². The zero-order valence-electron chi connectivity index (χ0n) is 9.14. The Morgan fingerprint density at radius 1 is 1.38 bits per heavy atom. The number of rotatable bonds is 2. The quantitative estimate of drug-likeness (QED) is 0.841. The molecule has 84 valence electrons. The lowest BCUT2D eigenvalue weighted by Gasteiger charge is -2.40. The zero-order chi connectivity index (χ0) is 11.2. The normalized spacial score (nSPS) is 29.2. The summed E-state index contributed by atoms with van der Waals surface area (Å²) in [6.07, 6.45) is 1.38. The number of methoxy groups -OCH3 is 1. The number of hydrogen-bond donors (Lipinski definition) is 1. The molecule has 1 aromatic heterocycles. The van der Waals surface area contributed by atoms with Crippen molar-refractivity contribution in [2.24, 2.45) is 0 Å². The van der Waals surface area contributed by atoms with Crippen LogP contribution >= 0.6 is 0 Å². The van der Waals surface area contributed by atoms with Crippen LogP contribution < -0.4 is 0 Å². The number of aliphatic hydroxyl groups is 1. The second-order valence-corrected chi connectivity index (χ2v) is 4.45. The lowest BCUT2D eigenvalue weighted by Crippen LogP contribution is -2.45. The molecule has 1 heterocycles. The van der Waals surface area contributed by atoms with Gasteiger partial charge in [-0.15, -0.1) is 0 Å². The largest absolute Gasteiger partial charge is 0.458 e. The molecule has 0 aliphatic heterocycles. The van der Waals surface area contributed by atoms with Crippen LogP contribution in [0, 0.1) is 0 Å². The van der Waals surface area contributed by atoms with Gasteiger partial charge in [0, 0.05) is 25.3 Å². The van der Waals surface area contributed by atoms with Crippen molar-refractivity contribution in [3.8, 4) is 0 Å². The Bertz CT molecular complexity index is 476. The standard InChI is InChI=1S/C13H14O3/c1-15-10-7-13(14,8-10)12-6-9-4-2-3-5-11(9)16-12/h2-6,10,14H,7-8H2,1H3. The van der Waals surface area contributed by atoms with Gasteiger partial charge in [0.1, 0.15) is 16.9 Å². The Morgan fingerprint density at radius 3 is 2.81 bits per heavy atom. The predicted octanol–water partition coefficient (Wildman–Crippen LogP) is 2.43. The van der Waals surface area contributed by atoms with Gasteiger partial charge in [-0.1, -0.05) is 18.2 Å². The number of furan rings is 1. The summed E-state index contributed by atoms with van der Waals surface area (Å²) in [6.45, 7) is 0. The Labute approximate surface area is 93.6 Å². The molecule has 0 amide bonds. The fraction of sp³-hybridized carbons (Fsp3) is 0.385. The van der Waals surface area contributed by atoms with Gasteiger partial charge in [-0.05, 0) is 12.1 Å². The first kappa shape index (κ1) is 9.87. The first-order chi connectivity index (χ1) is 7.71. The molecule has 1 aliphatic rings. The molecule has 3 rings (SSSR count). The molecule has 0 bridgehead atoms. The minimum atomic E-state index is -0.834. The average molecular weight is 218 g/mol. The van der Waals surface area contributed by atoms with Crippen LogP contribution in [-0.2, 0) is 10.3 Å². The van der Waals surface area contributed by atoms with Crippen molar-refractivity contribution in [1.82, 2.24) is 0 Å². The van der Waals surface area contributed by atoms with Crippen molar-refractivity contribution < 1.29 is 14.3 Å². The maximum atomic E-state index is 10.3. The van der Waals surface area contributed by atoms with Gasteiger partial charge in [0.2, 0.25) is 0 Å². The molecular weight excluding hydrogens is 204 g/mol. The highest BCUT2D eigenvalue weighted by Gasteiger charge is 2.46. The summed E-state index contributed by atoms with van der Waals surface area (Å²) in [7, 11) is 1.67. The van der Waals surface area contributed by atoms with Gasteiger partial charge in [-0.3, -0.25) is 0 Å². The summed E-state index contributed by atoms with van der Waals surface area (Å²) in [5.74, 6) is 0.655. The van der Waals surface area contributed by atoms with E-state index in [1.165, 1.54) is 0 Å². The van der Waals surface area contributed by atoms with Gasteiger partial charge in [0.05, 0.1) is 6.10 Å². The summed E-state index contributed by atoms with van der Waals surface area (Å²) in [4.78, 5) is 0. The van der Waals surface area contributed by atoms with E-state index in [-0.39, 0.29) is 6.10 Å². The van der Waals surface area contributed by atoms with Crippen LogP contribution in [0.25, 0.3) is 11.0 Å². The highest BCUT2D eigenvalue weighted by molar-refractivity contribution is 5.77. The van der Waals surface area contributed by atoms with E-state index in [4.69, 9.17) is 9.15 Å². The zero-order valence-corrected chi connectivity index (χ0v) is 9.14. The van der Waals surface area contributed by atoms with Crippen molar-refractivity contribution in [2.75, 3.05) is 7.11 Å². The molecule has 1 aromatic carbocycles. The van der Waals surface area contributed by atoms with Gasteiger partial charge in [0.15, 0.2) is 0 Å². The monoisotopic (exact) mass is 218 g/mol. The second kappa shape index (κ2) is 3.34. The van der Waals surface area contributed by atoms with Crippen LogP contribution in [0.15, 0.2) is 34.7 Å². The summed E-state index contributed by atoms with van der Waals surface area (Å²) in [5, 5.41) is 11.3. The molecule has 2 aromatic rings. The molecule has 1 N–H and O–H groups in total. The lowest BCUT2D eigenvalue weighted by atomic mass is 9.76. The van der Waals surface area contributed by atoms with Crippen molar-refractivity contribution in [3.63, 3.8) is 0 Å². The molecule has 0 saturated heterocycles.